The van der Waals surface area contributed by atoms with Crippen LogP contribution < -0.4 is 10.6 Å². The number of anilines is 1. The third kappa shape index (κ3) is 6.53. The number of carbonyl (C=O) groups is 3. The van der Waals surface area contributed by atoms with Gasteiger partial charge < -0.3 is 25.5 Å². The molecule has 2 aromatic rings. The van der Waals surface area contributed by atoms with Crippen molar-refractivity contribution in [3.8, 4) is 6.07 Å². The number of nitrogens with one attached hydrogen (secondary N) is 2. The van der Waals surface area contributed by atoms with Gasteiger partial charge in [0.2, 0.25) is 5.91 Å². The van der Waals surface area contributed by atoms with Gasteiger partial charge in [0.25, 0.3) is 5.91 Å². The number of thioether (sulfide) groups is 1. The van der Waals surface area contributed by atoms with Crippen LogP contribution in [0.25, 0.3) is 10.8 Å². The molecule has 2 heterocycles. The summed E-state index contributed by atoms with van der Waals surface area (Å²) in [5.74, 6) is -2.42. The van der Waals surface area contributed by atoms with Crippen molar-refractivity contribution in [2.45, 2.75) is 36.8 Å². The van der Waals surface area contributed by atoms with Gasteiger partial charge >= 0.3 is 5.97 Å². The van der Waals surface area contributed by atoms with Gasteiger partial charge in [-0.3, -0.25) is 14.4 Å². The minimum atomic E-state index is -1.16. The third-order valence-electron chi connectivity index (χ3n) is 6.97. The van der Waals surface area contributed by atoms with E-state index >= 15 is 0 Å². The lowest BCUT2D eigenvalue weighted by Gasteiger charge is -2.22. The van der Waals surface area contributed by atoms with Crippen molar-refractivity contribution in [2.24, 2.45) is 5.92 Å². The van der Waals surface area contributed by atoms with Crippen molar-refractivity contribution in [3.63, 3.8) is 0 Å². The Bertz CT molecular complexity index is 1190. The topological polar surface area (TPSA) is 126 Å². The summed E-state index contributed by atoms with van der Waals surface area (Å²) in [4.78, 5) is 40.7. The van der Waals surface area contributed by atoms with Gasteiger partial charge in [-0.25, -0.2) is 0 Å². The second kappa shape index (κ2) is 12.3. The summed E-state index contributed by atoms with van der Waals surface area (Å²) < 4.78 is 0. The highest BCUT2D eigenvalue weighted by atomic mass is 32.2. The molecular weight excluding hydrogens is 490 g/mol. The van der Waals surface area contributed by atoms with Crippen molar-refractivity contribution >= 4 is 46.0 Å². The molecule has 10 heteroatoms. The van der Waals surface area contributed by atoms with Crippen LogP contribution in [-0.4, -0.2) is 82.6 Å². The zero-order chi connectivity index (χ0) is 26.4. The summed E-state index contributed by atoms with van der Waals surface area (Å²) in [5, 5.41) is 25.9. The summed E-state index contributed by atoms with van der Waals surface area (Å²) >= 11 is 1.41. The largest absolute Gasteiger partial charge is 0.480 e. The van der Waals surface area contributed by atoms with E-state index in [4.69, 9.17) is 5.26 Å². The van der Waals surface area contributed by atoms with Gasteiger partial charge in [-0.15, -0.1) is 11.8 Å². The molecule has 0 saturated carbocycles. The van der Waals surface area contributed by atoms with Gasteiger partial charge in [-0.1, -0.05) is 12.1 Å². The molecule has 0 radical (unpaired) electrons. The molecule has 2 aliphatic heterocycles. The van der Waals surface area contributed by atoms with Crippen molar-refractivity contribution in [3.05, 3.63) is 42.0 Å². The molecule has 4 rings (SSSR count). The van der Waals surface area contributed by atoms with Crippen LogP contribution in [0.4, 0.5) is 5.69 Å². The maximum Gasteiger partial charge on any atom is 0.321 e. The van der Waals surface area contributed by atoms with Gasteiger partial charge in [0, 0.05) is 43.9 Å². The standard InChI is InChI=1S/C27H33N5O4S/c1-2-32-24(15-21(16-28)27(35)36)37-23(26(32)34)17-30-22-8-7-18-13-20(6-5-19(18)14-22)25(33)29-9-12-31-10-3-4-11-31/h5-8,13-14,21,23-24,30H,2-4,9-12,15,17H2,1H3,(H,29,33)(H,35,36). The lowest BCUT2D eigenvalue weighted by molar-refractivity contribution is -0.140. The Hall–Kier alpha value is -3.29. The van der Waals surface area contributed by atoms with E-state index in [1.165, 1.54) is 24.6 Å². The van der Waals surface area contributed by atoms with Gasteiger partial charge in [-0.2, -0.15) is 5.26 Å². The maximum absolute atomic E-state index is 12.9. The van der Waals surface area contributed by atoms with Crippen LogP contribution in [0.5, 0.6) is 0 Å². The van der Waals surface area contributed by atoms with Crippen molar-refractivity contribution < 1.29 is 19.5 Å². The molecule has 196 valence electrons. The Morgan fingerprint density at radius 1 is 1.19 bits per heavy atom. The van der Waals surface area contributed by atoms with Crippen LogP contribution in [-0.2, 0) is 9.59 Å². The number of nitrogens with zero attached hydrogens (tertiary/aromatic N) is 3. The maximum atomic E-state index is 12.9. The van der Waals surface area contributed by atoms with E-state index in [0.29, 0.717) is 25.2 Å². The lowest BCUT2D eigenvalue weighted by atomic mass is 10.1. The molecule has 2 aliphatic rings. The molecule has 0 spiro atoms. The molecule has 2 amide bonds. The van der Waals surface area contributed by atoms with Crippen molar-refractivity contribution in [2.75, 3.05) is 44.6 Å². The summed E-state index contributed by atoms with van der Waals surface area (Å²) in [6, 6.07) is 13.3. The van der Waals surface area contributed by atoms with Gasteiger partial charge in [-0.05, 0) is 67.9 Å². The third-order valence-corrected chi connectivity index (χ3v) is 8.42. The first-order valence-electron chi connectivity index (χ1n) is 12.8. The number of carboxylic acid groups (broad SMARTS) is 1. The zero-order valence-corrected chi connectivity index (χ0v) is 21.8. The van der Waals surface area contributed by atoms with Gasteiger partial charge in [0.1, 0.15) is 11.2 Å². The van der Waals surface area contributed by atoms with Crippen LogP contribution in [0.2, 0.25) is 0 Å². The number of likely N-dealkylation sites (tertiary alicyclic amines) is 1. The van der Waals surface area contributed by atoms with E-state index in [0.717, 1.165) is 36.1 Å². The van der Waals surface area contributed by atoms with Crippen LogP contribution in [0.1, 0.15) is 36.5 Å². The highest BCUT2D eigenvalue weighted by Crippen LogP contribution is 2.35. The first kappa shape index (κ1) is 26.8. The SMILES string of the molecule is CCN1C(=O)C(CNc2ccc3cc(C(=O)NCCN4CCCC4)ccc3c2)SC1CC(C#N)C(=O)O. The number of hydrogen-bond donors (Lipinski definition) is 3. The average molecular weight is 524 g/mol. The van der Waals surface area contributed by atoms with Crippen LogP contribution in [0.3, 0.4) is 0 Å². The van der Waals surface area contributed by atoms with Crippen LogP contribution in [0, 0.1) is 17.2 Å². The molecular formula is C27H33N5O4S. The van der Waals surface area contributed by atoms with Crippen LogP contribution in [0.15, 0.2) is 36.4 Å². The zero-order valence-electron chi connectivity index (χ0n) is 21.0. The Morgan fingerprint density at radius 2 is 1.92 bits per heavy atom. The Morgan fingerprint density at radius 3 is 2.62 bits per heavy atom. The Labute approximate surface area is 221 Å². The normalized spacial score (nSPS) is 20.6. The number of hydrogen-bond acceptors (Lipinski definition) is 7. The number of rotatable bonds is 11. The molecule has 37 heavy (non-hydrogen) atoms. The minimum Gasteiger partial charge on any atom is -0.480 e. The predicted octanol–water partition coefficient (Wildman–Crippen LogP) is 2.98. The van der Waals surface area contributed by atoms with E-state index in [2.05, 4.69) is 15.5 Å². The second-order valence-corrected chi connectivity index (χ2v) is 10.8. The molecule has 2 fully saturated rings. The summed E-state index contributed by atoms with van der Waals surface area (Å²) in [6.45, 7) is 6.46. The molecule has 0 aromatic heterocycles. The first-order chi connectivity index (χ1) is 17.9. The highest BCUT2D eigenvalue weighted by Gasteiger charge is 2.41. The van der Waals surface area contributed by atoms with Crippen molar-refractivity contribution in [1.29, 1.82) is 5.26 Å². The molecule has 3 atom stereocenters. The number of amides is 2. The van der Waals surface area contributed by atoms with Crippen molar-refractivity contribution in [1.82, 2.24) is 15.1 Å². The van der Waals surface area contributed by atoms with Gasteiger partial charge in [0.15, 0.2) is 0 Å². The number of carboxylic acids is 1. The quantitative estimate of drug-likeness (QED) is 0.410. The molecule has 3 N–H and O–H groups in total. The first-order valence-corrected chi connectivity index (χ1v) is 13.7. The fourth-order valence-corrected chi connectivity index (χ4v) is 6.39. The lowest BCUT2D eigenvalue weighted by Crippen LogP contribution is -2.37. The second-order valence-electron chi connectivity index (χ2n) is 9.42. The Kier molecular flexibility index (Phi) is 8.90. The van der Waals surface area contributed by atoms with E-state index in [1.54, 1.807) is 4.90 Å². The molecule has 2 aromatic carbocycles. The van der Waals surface area contributed by atoms with Gasteiger partial charge in [0.05, 0.1) is 11.4 Å². The number of benzene rings is 2. The number of carbonyl (C=O) groups excluding carboxylic acids is 2. The monoisotopic (exact) mass is 523 g/mol. The number of nitriles is 1. The molecule has 0 bridgehead atoms. The van der Waals surface area contributed by atoms with Crippen LogP contribution >= 0.6 is 11.8 Å². The molecule has 0 aliphatic carbocycles. The highest BCUT2D eigenvalue weighted by molar-refractivity contribution is 8.01. The average Bonchev–Trinajstić information content (AvgIpc) is 3.52. The summed E-state index contributed by atoms with van der Waals surface area (Å²) in [7, 11) is 0. The number of fused-ring (bicyclic) bond motifs is 1. The van der Waals surface area contributed by atoms with E-state index < -0.39 is 11.9 Å². The minimum absolute atomic E-state index is 0.0479. The fraction of sp³-hybridized carbons (Fsp3) is 0.481. The summed E-state index contributed by atoms with van der Waals surface area (Å²) in [5.41, 5.74) is 1.49. The predicted molar refractivity (Wildman–Crippen MR) is 144 cm³/mol. The summed E-state index contributed by atoms with van der Waals surface area (Å²) in [6.07, 6.45) is 2.58. The Balaban J connectivity index is 1.33. The smallest absolute Gasteiger partial charge is 0.321 e. The molecule has 9 nitrogen and oxygen atoms in total. The molecule has 3 unspecified atom stereocenters. The fourth-order valence-electron chi connectivity index (χ4n) is 4.88. The number of aliphatic carboxylic acids is 1. The molecule has 2 saturated heterocycles. The van der Waals surface area contributed by atoms with E-state index in [1.807, 2.05) is 49.4 Å². The van der Waals surface area contributed by atoms with E-state index in [9.17, 15) is 19.5 Å². The van der Waals surface area contributed by atoms with E-state index in [-0.39, 0.29) is 28.9 Å².